The Kier molecular flexibility index (Phi) is 14.0. The molecule has 0 unspecified atom stereocenters. The molecular weight excluding hydrogens is 200 g/mol. The molecule has 0 aliphatic heterocycles. The van der Waals surface area contributed by atoms with Gasteiger partial charge in [-0.3, -0.25) is 4.79 Å². The third kappa shape index (κ3) is 24.6. The maximum atomic E-state index is 9.84. The van der Waals surface area contributed by atoms with Crippen LogP contribution in [0.3, 0.4) is 0 Å². The maximum absolute atomic E-state index is 9.84. The van der Waals surface area contributed by atoms with Gasteiger partial charge in [0.25, 0.3) is 0 Å². The second-order valence-corrected chi connectivity index (χ2v) is 2.72. The topological polar surface area (TPSA) is 72.8 Å². The van der Waals surface area contributed by atoms with E-state index >= 15 is 0 Å². The number of carbonyl (C=O) groups excluding carboxylic acids is 1. The average Bonchev–Trinajstić information content (AvgIpc) is 2.13. The normalized spacial score (nSPS) is 8.73. The highest BCUT2D eigenvalue weighted by atomic mass is 16.5. The highest BCUT2D eigenvalue weighted by Crippen LogP contribution is 1.86. The Hall–Kier alpha value is -1.10. The molecule has 0 saturated heterocycles. The van der Waals surface area contributed by atoms with Gasteiger partial charge < -0.3 is 14.6 Å². The molecular formula is C10H20O5. The van der Waals surface area contributed by atoms with Crippen molar-refractivity contribution in [3.63, 3.8) is 0 Å². The van der Waals surface area contributed by atoms with Gasteiger partial charge in [0.15, 0.2) is 0 Å². The van der Waals surface area contributed by atoms with Gasteiger partial charge in [-0.25, -0.2) is 4.79 Å². The molecule has 0 bridgehead atoms. The minimum absolute atomic E-state index is 0.167. The number of carboxylic acid groups (broad SMARTS) is 1. The first-order valence-electron chi connectivity index (χ1n) is 4.97. The molecule has 0 aliphatic carbocycles. The summed E-state index contributed by atoms with van der Waals surface area (Å²) in [4.78, 5) is 19.7. The minimum Gasteiger partial charge on any atom is -0.480 e. The lowest BCUT2D eigenvalue weighted by atomic mass is 10.4. The molecule has 5 heteroatoms. The number of hydrogen-bond acceptors (Lipinski definition) is 4. The van der Waals surface area contributed by atoms with Crippen LogP contribution in [0.5, 0.6) is 0 Å². The molecule has 90 valence electrons. The first kappa shape index (κ1) is 16.3. The summed E-state index contributed by atoms with van der Waals surface area (Å²) < 4.78 is 9.14. The molecule has 0 fully saturated rings. The van der Waals surface area contributed by atoms with E-state index in [1.165, 1.54) is 6.92 Å². The summed E-state index contributed by atoms with van der Waals surface area (Å²) >= 11 is 0. The van der Waals surface area contributed by atoms with E-state index in [0.29, 0.717) is 13.2 Å². The Morgan fingerprint density at radius 2 is 1.87 bits per heavy atom. The van der Waals surface area contributed by atoms with Crippen molar-refractivity contribution < 1.29 is 24.2 Å². The first-order chi connectivity index (χ1) is 7.04. The van der Waals surface area contributed by atoms with Crippen molar-refractivity contribution in [3.05, 3.63) is 0 Å². The van der Waals surface area contributed by atoms with Gasteiger partial charge in [0.2, 0.25) is 0 Å². The molecule has 0 amide bonds. The van der Waals surface area contributed by atoms with Crippen LogP contribution in [0.2, 0.25) is 0 Å². The van der Waals surface area contributed by atoms with E-state index in [2.05, 4.69) is 4.74 Å². The fraction of sp³-hybridized carbons (Fsp3) is 0.800. The Morgan fingerprint density at radius 3 is 2.13 bits per heavy atom. The van der Waals surface area contributed by atoms with Crippen LogP contribution in [-0.2, 0) is 19.1 Å². The predicted molar refractivity (Wildman–Crippen MR) is 55.7 cm³/mol. The van der Waals surface area contributed by atoms with Crippen molar-refractivity contribution >= 4 is 11.9 Å². The van der Waals surface area contributed by atoms with Crippen LogP contribution in [0, 0.1) is 0 Å². The largest absolute Gasteiger partial charge is 0.480 e. The van der Waals surface area contributed by atoms with Gasteiger partial charge in [0.05, 0.1) is 6.61 Å². The molecule has 0 spiro atoms. The van der Waals surface area contributed by atoms with E-state index in [1.54, 1.807) is 6.92 Å². The number of aliphatic carboxylic acids is 1. The Bertz CT molecular complexity index is 167. The molecule has 0 radical (unpaired) electrons. The zero-order chi connectivity index (χ0) is 12.1. The lowest BCUT2D eigenvalue weighted by molar-refractivity contribution is -0.142. The number of carboxylic acids is 1. The summed E-state index contributed by atoms with van der Waals surface area (Å²) in [5, 5.41) is 8.09. The van der Waals surface area contributed by atoms with Crippen LogP contribution in [0.15, 0.2) is 0 Å². The van der Waals surface area contributed by atoms with Crippen molar-refractivity contribution in [2.75, 3.05) is 19.8 Å². The van der Waals surface area contributed by atoms with Gasteiger partial charge in [-0.2, -0.15) is 0 Å². The van der Waals surface area contributed by atoms with E-state index in [0.717, 1.165) is 12.8 Å². The molecule has 0 aromatic heterocycles. The highest BCUT2D eigenvalue weighted by molar-refractivity contribution is 5.67. The quantitative estimate of drug-likeness (QED) is 0.542. The fourth-order valence-corrected chi connectivity index (χ4v) is 0.609. The third-order valence-electron chi connectivity index (χ3n) is 1.22. The van der Waals surface area contributed by atoms with Crippen molar-refractivity contribution in [3.8, 4) is 0 Å². The summed E-state index contributed by atoms with van der Waals surface area (Å²) in [5.74, 6) is -1.11. The molecule has 0 atom stereocenters. The number of unbranched alkanes of at least 4 members (excludes halogenated alkanes) is 1. The molecule has 5 nitrogen and oxygen atoms in total. The van der Waals surface area contributed by atoms with Gasteiger partial charge in [-0.05, 0) is 13.3 Å². The van der Waals surface area contributed by atoms with Gasteiger partial charge in [-0.1, -0.05) is 13.3 Å². The summed E-state index contributed by atoms with van der Waals surface area (Å²) in [6.45, 7) is 6.08. The van der Waals surface area contributed by atoms with Gasteiger partial charge in [-0.15, -0.1) is 0 Å². The van der Waals surface area contributed by atoms with Crippen LogP contribution in [0.25, 0.3) is 0 Å². The first-order valence-corrected chi connectivity index (χ1v) is 4.97. The Morgan fingerprint density at radius 1 is 1.27 bits per heavy atom. The van der Waals surface area contributed by atoms with Crippen molar-refractivity contribution in [2.24, 2.45) is 0 Å². The van der Waals surface area contributed by atoms with Crippen LogP contribution in [0.4, 0.5) is 0 Å². The summed E-state index contributed by atoms with van der Waals surface area (Å²) in [7, 11) is 0. The smallest absolute Gasteiger partial charge is 0.329 e. The van der Waals surface area contributed by atoms with Crippen LogP contribution < -0.4 is 0 Å². The molecule has 0 saturated carbocycles. The molecule has 0 rings (SSSR count). The number of ether oxygens (including phenoxy) is 2. The summed E-state index contributed by atoms with van der Waals surface area (Å²) in [6.07, 6.45) is 1.98. The SMILES string of the molecule is CCCCOCC(=O)O.CCOC(C)=O. The highest BCUT2D eigenvalue weighted by Gasteiger charge is 1.93. The zero-order valence-electron chi connectivity index (χ0n) is 9.62. The molecule has 15 heavy (non-hydrogen) atoms. The number of esters is 1. The monoisotopic (exact) mass is 220 g/mol. The number of carbonyl (C=O) groups is 2. The number of rotatable bonds is 6. The average molecular weight is 220 g/mol. The Balaban J connectivity index is 0. The summed E-state index contributed by atoms with van der Waals surface area (Å²) in [5.41, 5.74) is 0. The molecule has 0 aromatic carbocycles. The van der Waals surface area contributed by atoms with E-state index in [4.69, 9.17) is 9.84 Å². The second kappa shape index (κ2) is 12.9. The Labute approximate surface area is 90.4 Å². The van der Waals surface area contributed by atoms with E-state index in [9.17, 15) is 9.59 Å². The molecule has 0 aliphatic rings. The predicted octanol–water partition coefficient (Wildman–Crippen LogP) is 1.46. The molecule has 1 N–H and O–H groups in total. The van der Waals surface area contributed by atoms with Crippen LogP contribution in [-0.4, -0.2) is 36.9 Å². The number of hydrogen-bond donors (Lipinski definition) is 1. The summed E-state index contributed by atoms with van der Waals surface area (Å²) in [6, 6.07) is 0. The van der Waals surface area contributed by atoms with E-state index < -0.39 is 5.97 Å². The van der Waals surface area contributed by atoms with Crippen molar-refractivity contribution in [1.29, 1.82) is 0 Å². The second-order valence-electron chi connectivity index (χ2n) is 2.72. The van der Waals surface area contributed by atoms with E-state index in [-0.39, 0.29) is 12.6 Å². The third-order valence-corrected chi connectivity index (χ3v) is 1.22. The standard InChI is InChI=1S/C6H12O3.C4H8O2/c1-2-3-4-9-5-6(7)8;1-3-6-4(2)5/h2-5H2,1H3,(H,7,8);3H2,1-2H3. The molecule has 0 aromatic rings. The molecule has 0 heterocycles. The van der Waals surface area contributed by atoms with Crippen LogP contribution in [0.1, 0.15) is 33.6 Å². The van der Waals surface area contributed by atoms with Crippen LogP contribution >= 0.6 is 0 Å². The maximum Gasteiger partial charge on any atom is 0.329 e. The van der Waals surface area contributed by atoms with E-state index in [1.807, 2.05) is 6.92 Å². The van der Waals surface area contributed by atoms with Gasteiger partial charge >= 0.3 is 11.9 Å². The lowest BCUT2D eigenvalue weighted by Crippen LogP contribution is -2.07. The van der Waals surface area contributed by atoms with Crippen molar-refractivity contribution in [1.82, 2.24) is 0 Å². The van der Waals surface area contributed by atoms with Crippen molar-refractivity contribution in [2.45, 2.75) is 33.6 Å². The lowest BCUT2D eigenvalue weighted by Gasteiger charge is -1.96. The fourth-order valence-electron chi connectivity index (χ4n) is 0.609. The minimum atomic E-state index is -0.897. The zero-order valence-corrected chi connectivity index (χ0v) is 9.62. The van der Waals surface area contributed by atoms with Gasteiger partial charge in [0, 0.05) is 13.5 Å². The van der Waals surface area contributed by atoms with Gasteiger partial charge in [0.1, 0.15) is 6.61 Å².